The Hall–Kier alpha value is -2.25. The minimum atomic E-state index is -3.54. The van der Waals surface area contributed by atoms with Crippen molar-refractivity contribution >= 4 is 21.6 Å². The van der Waals surface area contributed by atoms with Gasteiger partial charge in [0.15, 0.2) is 0 Å². The molecule has 24 heavy (non-hydrogen) atoms. The predicted octanol–water partition coefficient (Wildman–Crippen LogP) is 3.07. The Kier molecular flexibility index (Phi) is 5.69. The summed E-state index contributed by atoms with van der Waals surface area (Å²) >= 11 is 0. The van der Waals surface area contributed by atoms with E-state index in [1.54, 1.807) is 6.92 Å². The molecule has 0 aliphatic heterocycles. The molecule has 0 heterocycles. The highest BCUT2D eigenvalue weighted by Gasteiger charge is 2.13. The molecule has 128 valence electrons. The Balaban J connectivity index is 2.11. The molecule has 2 rings (SSSR count). The van der Waals surface area contributed by atoms with Gasteiger partial charge in [-0.05, 0) is 55.3 Å². The van der Waals surface area contributed by atoms with Gasteiger partial charge in [-0.1, -0.05) is 13.0 Å². The van der Waals surface area contributed by atoms with Crippen molar-refractivity contribution in [2.45, 2.75) is 25.2 Å². The molecule has 5 nitrogen and oxygen atoms in total. The molecule has 7 heteroatoms. The van der Waals surface area contributed by atoms with Crippen LogP contribution in [0.4, 0.5) is 10.1 Å². The van der Waals surface area contributed by atoms with E-state index in [9.17, 15) is 17.6 Å². The smallest absolute Gasteiger partial charge is 0.255 e. The van der Waals surface area contributed by atoms with Gasteiger partial charge in [0.05, 0.1) is 4.90 Å². The molecule has 2 N–H and O–H groups in total. The fourth-order valence-electron chi connectivity index (χ4n) is 1.97. The fraction of sp³-hybridized carbons (Fsp3) is 0.235. The van der Waals surface area contributed by atoms with Gasteiger partial charge in [0.25, 0.3) is 5.91 Å². The average Bonchev–Trinajstić information content (AvgIpc) is 2.56. The van der Waals surface area contributed by atoms with E-state index in [1.165, 1.54) is 36.4 Å². The van der Waals surface area contributed by atoms with Crippen molar-refractivity contribution in [3.05, 3.63) is 59.4 Å². The SMILES string of the molecule is CCCNS(=O)(=O)c1ccc(NC(=O)c2ccc(C)c(F)c2)cc1. The van der Waals surface area contributed by atoms with Crippen LogP contribution in [0.15, 0.2) is 47.4 Å². The lowest BCUT2D eigenvalue weighted by atomic mass is 10.1. The Morgan fingerprint density at radius 3 is 2.38 bits per heavy atom. The lowest BCUT2D eigenvalue weighted by molar-refractivity contribution is 0.102. The summed E-state index contributed by atoms with van der Waals surface area (Å²) in [7, 11) is -3.54. The van der Waals surface area contributed by atoms with Crippen LogP contribution in [0, 0.1) is 12.7 Å². The molecule has 0 saturated carbocycles. The van der Waals surface area contributed by atoms with Crippen LogP contribution in [0.5, 0.6) is 0 Å². The molecule has 0 spiro atoms. The van der Waals surface area contributed by atoms with E-state index in [0.717, 1.165) is 6.07 Å². The van der Waals surface area contributed by atoms with E-state index >= 15 is 0 Å². The minimum Gasteiger partial charge on any atom is -0.322 e. The van der Waals surface area contributed by atoms with Crippen molar-refractivity contribution in [3.8, 4) is 0 Å². The topological polar surface area (TPSA) is 75.3 Å². The molecule has 0 saturated heterocycles. The maximum atomic E-state index is 13.5. The number of nitrogens with one attached hydrogen (secondary N) is 2. The number of carbonyl (C=O) groups excluding carboxylic acids is 1. The summed E-state index contributed by atoms with van der Waals surface area (Å²) in [6, 6.07) is 10.0. The van der Waals surface area contributed by atoms with Crippen LogP contribution in [0.3, 0.4) is 0 Å². The summed E-state index contributed by atoms with van der Waals surface area (Å²) in [5.74, 6) is -0.917. The van der Waals surface area contributed by atoms with E-state index in [0.29, 0.717) is 24.2 Å². The summed E-state index contributed by atoms with van der Waals surface area (Å²) in [5.41, 5.74) is 1.08. The first-order valence-electron chi connectivity index (χ1n) is 7.50. The molecule has 0 atom stereocenters. The van der Waals surface area contributed by atoms with Crippen molar-refractivity contribution in [1.29, 1.82) is 0 Å². The number of rotatable bonds is 6. The Labute approximate surface area is 141 Å². The maximum Gasteiger partial charge on any atom is 0.255 e. The highest BCUT2D eigenvalue weighted by molar-refractivity contribution is 7.89. The van der Waals surface area contributed by atoms with Gasteiger partial charge in [-0.2, -0.15) is 0 Å². The van der Waals surface area contributed by atoms with Crippen LogP contribution in [0.25, 0.3) is 0 Å². The summed E-state index contributed by atoms with van der Waals surface area (Å²) < 4.78 is 39.9. The summed E-state index contributed by atoms with van der Waals surface area (Å²) in [4.78, 5) is 12.2. The van der Waals surface area contributed by atoms with Gasteiger partial charge in [0, 0.05) is 17.8 Å². The second kappa shape index (κ2) is 7.55. The third kappa shape index (κ3) is 4.39. The predicted molar refractivity (Wildman–Crippen MR) is 91.0 cm³/mol. The van der Waals surface area contributed by atoms with Gasteiger partial charge < -0.3 is 5.32 Å². The van der Waals surface area contributed by atoms with Crippen LogP contribution in [0.1, 0.15) is 29.3 Å². The van der Waals surface area contributed by atoms with Gasteiger partial charge in [-0.3, -0.25) is 4.79 Å². The molecule has 0 aliphatic carbocycles. The highest BCUT2D eigenvalue weighted by Crippen LogP contribution is 2.16. The monoisotopic (exact) mass is 350 g/mol. The Bertz CT molecular complexity index is 833. The number of aryl methyl sites for hydroxylation is 1. The summed E-state index contributed by atoms with van der Waals surface area (Å²) in [5, 5.41) is 2.61. The lowest BCUT2D eigenvalue weighted by Gasteiger charge is -2.08. The molecule has 0 fully saturated rings. The molecule has 0 bridgehead atoms. The molecule has 2 aromatic carbocycles. The van der Waals surface area contributed by atoms with Crippen molar-refractivity contribution in [3.63, 3.8) is 0 Å². The van der Waals surface area contributed by atoms with E-state index in [4.69, 9.17) is 0 Å². The normalized spacial score (nSPS) is 11.3. The number of anilines is 1. The first kappa shape index (κ1) is 18.1. The second-order valence-corrected chi connectivity index (χ2v) is 7.11. The number of hydrogen-bond donors (Lipinski definition) is 2. The van der Waals surface area contributed by atoms with Crippen LogP contribution < -0.4 is 10.0 Å². The number of hydrogen-bond acceptors (Lipinski definition) is 3. The van der Waals surface area contributed by atoms with Gasteiger partial charge in [0.1, 0.15) is 5.82 Å². The van der Waals surface area contributed by atoms with E-state index < -0.39 is 21.7 Å². The number of halogens is 1. The molecular formula is C17H19FN2O3S. The van der Waals surface area contributed by atoms with Gasteiger partial charge in [-0.25, -0.2) is 17.5 Å². The van der Waals surface area contributed by atoms with Gasteiger partial charge >= 0.3 is 0 Å². The molecule has 0 unspecified atom stereocenters. The maximum absolute atomic E-state index is 13.5. The van der Waals surface area contributed by atoms with E-state index in [-0.39, 0.29) is 10.5 Å². The standard InChI is InChI=1S/C17H19FN2O3S/c1-3-10-19-24(22,23)15-8-6-14(7-9-15)20-17(21)13-5-4-12(2)16(18)11-13/h4-9,11,19H,3,10H2,1-2H3,(H,20,21). The number of sulfonamides is 1. The quantitative estimate of drug-likeness (QED) is 0.841. The zero-order valence-corrected chi connectivity index (χ0v) is 14.3. The third-order valence-corrected chi connectivity index (χ3v) is 4.88. The first-order chi connectivity index (χ1) is 11.3. The van der Waals surface area contributed by atoms with Gasteiger partial charge in [-0.15, -0.1) is 0 Å². The third-order valence-electron chi connectivity index (χ3n) is 3.40. The summed E-state index contributed by atoms with van der Waals surface area (Å²) in [6.45, 7) is 3.84. The number of benzene rings is 2. The van der Waals surface area contributed by atoms with Crippen LogP contribution in [-0.4, -0.2) is 20.9 Å². The highest BCUT2D eigenvalue weighted by atomic mass is 32.2. The lowest BCUT2D eigenvalue weighted by Crippen LogP contribution is -2.24. The first-order valence-corrected chi connectivity index (χ1v) is 8.99. The molecule has 0 aromatic heterocycles. The minimum absolute atomic E-state index is 0.121. The summed E-state index contributed by atoms with van der Waals surface area (Å²) in [6.07, 6.45) is 0.695. The molecular weight excluding hydrogens is 331 g/mol. The molecule has 2 aromatic rings. The molecule has 0 aliphatic rings. The van der Waals surface area contributed by atoms with E-state index in [1.807, 2.05) is 6.92 Å². The Morgan fingerprint density at radius 2 is 1.79 bits per heavy atom. The largest absolute Gasteiger partial charge is 0.322 e. The fourth-order valence-corrected chi connectivity index (χ4v) is 3.11. The average molecular weight is 350 g/mol. The zero-order chi connectivity index (χ0) is 17.7. The Morgan fingerprint density at radius 1 is 1.12 bits per heavy atom. The number of amides is 1. The van der Waals surface area contributed by atoms with E-state index in [2.05, 4.69) is 10.0 Å². The van der Waals surface area contributed by atoms with Crippen molar-refractivity contribution in [2.75, 3.05) is 11.9 Å². The number of carbonyl (C=O) groups is 1. The van der Waals surface area contributed by atoms with Crippen molar-refractivity contribution in [1.82, 2.24) is 4.72 Å². The van der Waals surface area contributed by atoms with Crippen LogP contribution in [-0.2, 0) is 10.0 Å². The van der Waals surface area contributed by atoms with Crippen molar-refractivity contribution < 1.29 is 17.6 Å². The molecule has 0 radical (unpaired) electrons. The zero-order valence-electron chi connectivity index (χ0n) is 13.5. The molecule has 1 amide bonds. The van der Waals surface area contributed by atoms with Crippen LogP contribution in [0.2, 0.25) is 0 Å². The van der Waals surface area contributed by atoms with Crippen LogP contribution >= 0.6 is 0 Å². The van der Waals surface area contributed by atoms with Crippen molar-refractivity contribution in [2.24, 2.45) is 0 Å². The second-order valence-electron chi connectivity index (χ2n) is 5.34. The van der Waals surface area contributed by atoms with Gasteiger partial charge in [0.2, 0.25) is 10.0 Å².